The molecular formula is C20H29N3O5. The second kappa shape index (κ2) is 8.95. The standard InChI is InChI=1S/C20H29N3O5/c1-20(2,3)23-12-14(11-17(23)24)19(26)22-9-8-21-18(25)13-6-7-15(27-4)16(10-13)28-5/h6-7,10,14H,8-9,11-12H2,1-5H3,(H,21,25)(H,22,26). The number of carbonyl (C=O) groups excluding carboxylic acids is 3. The Hall–Kier alpha value is -2.77. The van der Waals surface area contributed by atoms with E-state index in [-0.39, 0.29) is 48.7 Å². The Morgan fingerprint density at radius 1 is 1.11 bits per heavy atom. The highest BCUT2D eigenvalue weighted by Gasteiger charge is 2.39. The molecule has 0 aliphatic carbocycles. The van der Waals surface area contributed by atoms with Gasteiger partial charge in [-0.1, -0.05) is 0 Å². The van der Waals surface area contributed by atoms with Crippen LogP contribution in [-0.2, 0) is 9.59 Å². The Bertz CT molecular complexity index is 742. The topological polar surface area (TPSA) is 97.0 Å². The predicted octanol–water partition coefficient (Wildman–Crippen LogP) is 1.20. The van der Waals surface area contributed by atoms with Crippen LogP contribution in [-0.4, -0.2) is 62.0 Å². The molecule has 2 rings (SSSR count). The van der Waals surface area contributed by atoms with E-state index >= 15 is 0 Å². The Morgan fingerprint density at radius 3 is 2.32 bits per heavy atom. The first-order chi connectivity index (χ1) is 13.2. The Balaban J connectivity index is 1.79. The minimum absolute atomic E-state index is 0.00518. The first-order valence-corrected chi connectivity index (χ1v) is 9.25. The van der Waals surface area contributed by atoms with Crippen LogP contribution in [0.1, 0.15) is 37.6 Å². The van der Waals surface area contributed by atoms with Crippen molar-refractivity contribution in [1.29, 1.82) is 0 Å². The Kier molecular flexibility index (Phi) is 6.88. The summed E-state index contributed by atoms with van der Waals surface area (Å²) in [5.41, 5.74) is 0.144. The van der Waals surface area contributed by atoms with Crippen LogP contribution in [0.3, 0.4) is 0 Å². The number of hydrogen-bond donors (Lipinski definition) is 2. The van der Waals surface area contributed by atoms with E-state index in [1.807, 2.05) is 20.8 Å². The molecule has 1 saturated heterocycles. The molecule has 1 atom stereocenters. The van der Waals surface area contributed by atoms with Crippen LogP contribution in [0.25, 0.3) is 0 Å². The van der Waals surface area contributed by atoms with Crippen molar-refractivity contribution in [2.24, 2.45) is 5.92 Å². The summed E-state index contributed by atoms with van der Waals surface area (Å²) in [7, 11) is 3.03. The molecule has 1 unspecified atom stereocenters. The summed E-state index contributed by atoms with van der Waals surface area (Å²) >= 11 is 0. The highest BCUT2D eigenvalue weighted by atomic mass is 16.5. The van der Waals surface area contributed by atoms with Crippen molar-refractivity contribution in [3.8, 4) is 11.5 Å². The number of nitrogens with one attached hydrogen (secondary N) is 2. The van der Waals surface area contributed by atoms with Crippen LogP contribution >= 0.6 is 0 Å². The monoisotopic (exact) mass is 391 g/mol. The van der Waals surface area contributed by atoms with Crippen LogP contribution in [0.15, 0.2) is 18.2 Å². The molecule has 1 heterocycles. The SMILES string of the molecule is COc1ccc(C(=O)NCCNC(=O)C2CC(=O)N(C(C)(C)C)C2)cc1OC. The van der Waals surface area contributed by atoms with Crippen molar-refractivity contribution in [1.82, 2.24) is 15.5 Å². The summed E-state index contributed by atoms with van der Waals surface area (Å²) in [6.45, 7) is 6.85. The fourth-order valence-electron chi connectivity index (χ4n) is 3.12. The van der Waals surface area contributed by atoms with Crippen LogP contribution in [0.4, 0.5) is 0 Å². The zero-order valence-corrected chi connectivity index (χ0v) is 17.1. The first kappa shape index (κ1) is 21.5. The van der Waals surface area contributed by atoms with Crippen molar-refractivity contribution < 1.29 is 23.9 Å². The van der Waals surface area contributed by atoms with E-state index in [1.165, 1.54) is 14.2 Å². The fourth-order valence-corrected chi connectivity index (χ4v) is 3.12. The zero-order chi connectivity index (χ0) is 20.9. The smallest absolute Gasteiger partial charge is 0.251 e. The number of benzene rings is 1. The lowest BCUT2D eigenvalue weighted by molar-refractivity contribution is -0.132. The number of likely N-dealkylation sites (tertiary alicyclic amines) is 1. The van der Waals surface area contributed by atoms with E-state index in [0.29, 0.717) is 23.6 Å². The van der Waals surface area contributed by atoms with E-state index in [2.05, 4.69) is 10.6 Å². The van der Waals surface area contributed by atoms with Crippen molar-refractivity contribution in [3.05, 3.63) is 23.8 Å². The average molecular weight is 391 g/mol. The molecule has 0 aromatic heterocycles. The zero-order valence-electron chi connectivity index (χ0n) is 17.1. The van der Waals surface area contributed by atoms with Gasteiger partial charge in [0.05, 0.1) is 20.1 Å². The number of ether oxygens (including phenoxy) is 2. The third kappa shape index (κ3) is 5.15. The molecule has 1 aliphatic heterocycles. The lowest BCUT2D eigenvalue weighted by atomic mass is 10.1. The van der Waals surface area contributed by atoms with Gasteiger partial charge in [0, 0.05) is 37.2 Å². The molecule has 154 valence electrons. The molecule has 3 amide bonds. The highest BCUT2D eigenvalue weighted by molar-refractivity contribution is 5.95. The second-order valence-electron chi connectivity index (χ2n) is 7.69. The molecule has 28 heavy (non-hydrogen) atoms. The van der Waals surface area contributed by atoms with Crippen LogP contribution in [0.2, 0.25) is 0 Å². The summed E-state index contributed by atoms with van der Waals surface area (Å²) in [6.07, 6.45) is 0.223. The highest BCUT2D eigenvalue weighted by Crippen LogP contribution is 2.27. The molecule has 0 saturated carbocycles. The predicted molar refractivity (Wildman–Crippen MR) is 104 cm³/mol. The van der Waals surface area contributed by atoms with Gasteiger partial charge in [0.2, 0.25) is 11.8 Å². The number of methoxy groups -OCH3 is 2. The quantitative estimate of drug-likeness (QED) is 0.681. The van der Waals surface area contributed by atoms with Gasteiger partial charge in [0.15, 0.2) is 11.5 Å². The number of hydrogen-bond acceptors (Lipinski definition) is 5. The summed E-state index contributed by atoms with van der Waals surface area (Å²) in [6, 6.07) is 4.89. The van der Waals surface area contributed by atoms with Gasteiger partial charge in [-0.15, -0.1) is 0 Å². The van der Waals surface area contributed by atoms with Gasteiger partial charge in [-0.25, -0.2) is 0 Å². The van der Waals surface area contributed by atoms with Gasteiger partial charge in [-0.05, 0) is 39.0 Å². The Labute approximate surface area is 165 Å². The largest absolute Gasteiger partial charge is 0.493 e. The van der Waals surface area contributed by atoms with Crippen LogP contribution in [0, 0.1) is 5.92 Å². The van der Waals surface area contributed by atoms with Gasteiger partial charge < -0.3 is 25.0 Å². The van der Waals surface area contributed by atoms with Gasteiger partial charge in [-0.3, -0.25) is 14.4 Å². The molecule has 1 aliphatic rings. The van der Waals surface area contributed by atoms with E-state index in [4.69, 9.17) is 9.47 Å². The lowest BCUT2D eigenvalue weighted by Crippen LogP contribution is -2.43. The normalized spacial score (nSPS) is 16.7. The van der Waals surface area contributed by atoms with E-state index in [1.54, 1.807) is 23.1 Å². The van der Waals surface area contributed by atoms with Gasteiger partial charge in [0.1, 0.15) is 0 Å². The van der Waals surface area contributed by atoms with E-state index in [9.17, 15) is 14.4 Å². The maximum atomic E-state index is 12.3. The summed E-state index contributed by atoms with van der Waals surface area (Å²) in [5.74, 6) is 0.216. The van der Waals surface area contributed by atoms with Gasteiger partial charge in [-0.2, -0.15) is 0 Å². The number of carbonyl (C=O) groups is 3. The van der Waals surface area contributed by atoms with Gasteiger partial charge >= 0.3 is 0 Å². The molecule has 8 nitrogen and oxygen atoms in total. The molecule has 0 spiro atoms. The molecule has 0 radical (unpaired) electrons. The van der Waals surface area contributed by atoms with Crippen LogP contribution < -0.4 is 20.1 Å². The maximum absolute atomic E-state index is 12.3. The van der Waals surface area contributed by atoms with E-state index < -0.39 is 0 Å². The first-order valence-electron chi connectivity index (χ1n) is 9.25. The number of amides is 3. The molecule has 2 N–H and O–H groups in total. The summed E-state index contributed by atoms with van der Waals surface area (Å²) in [5, 5.41) is 5.54. The average Bonchev–Trinajstić information content (AvgIpc) is 3.06. The molecular weight excluding hydrogens is 362 g/mol. The molecule has 1 fully saturated rings. The molecule has 1 aromatic carbocycles. The minimum Gasteiger partial charge on any atom is -0.493 e. The summed E-state index contributed by atoms with van der Waals surface area (Å²) < 4.78 is 10.3. The van der Waals surface area contributed by atoms with Crippen molar-refractivity contribution >= 4 is 17.7 Å². The third-order valence-electron chi connectivity index (χ3n) is 4.66. The number of rotatable bonds is 7. The van der Waals surface area contributed by atoms with Gasteiger partial charge in [0.25, 0.3) is 5.91 Å². The minimum atomic E-state index is -0.353. The second-order valence-corrected chi connectivity index (χ2v) is 7.69. The van der Waals surface area contributed by atoms with Crippen LogP contribution in [0.5, 0.6) is 11.5 Å². The van der Waals surface area contributed by atoms with Crippen molar-refractivity contribution in [2.75, 3.05) is 33.9 Å². The maximum Gasteiger partial charge on any atom is 0.251 e. The molecule has 8 heteroatoms. The van der Waals surface area contributed by atoms with Crippen molar-refractivity contribution in [2.45, 2.75) is 32.7 Å². The lowest BCUT2D eigenvalue weighted by Gasteiger charge is -2.31. The molecule has 1 aromatic rings. The summed E-state index contributed by atoms with van der Waals surface area (Å²) in [4.78, 5) is 38.3. The van der Waals surface area contributed by atoms with Crippen molar-refractivity contribution in [3.63, 3.8) is 0 Å². The van der Waals surface area contributed by atoms with E-state index in [0.717, 1.165) is 0 Å². The Morgan fingerprint density at radius 2 is 1.75 bits per heavy atom. The number of nitrogens with zero attached hydrogens (tertiary/aromatic N) is 1. The molecule has 0 bridgehead atoms. The fraction of sp³-hybridized carbons (Fsp3) is 0.550. The third-order valence-corrected chi connectivity index (χ3v) is 4.66.